The quantitative estimate of drug-likeness (QED) is 0.602. The van der Waals surface area contributed by atoms with Gasteiger partial charge in [-0.05, 0) is 43.3 Å². The fourth-order valence-corrected chi connectivity index (χ4v) is 2.79. The second kappa shape index (κ2) is 5.70. The van der Waals surface area contributed by atoms with Gasteiger partial charge in [0.05, 0.1) is 23.1 Å². The van der Waals surface area contributed by atoms with Gasteiger partial charge in [0.2, 0.25) is 0 Å². The summed E-state index contributed by atoms with van der Waals surface area (Å²) >= 11 is 0. The lowest BCUT2D eigenvalue weighted by molar-refractivity contribution is 0.102. The molecular formula is C19H16N4O. The molecule has 4 aromatic rings. The number of aromatic amines is 1. The molecule has 5 heteroatoms. The number of nitrogens with one attached hydrogen (secondary N) is 2. The van der Waals surface area contributed by atoms with Crippen LogP contribution in [0.1, 0.15) is 16.1 Å². The Morgan fingerprint density at radius 3 is 2.79 bits per heavy atom. The van der Waals surface area contributed by atoms with Crippen LogP contribution < -0.4 is 5.32 Å². The van der Waals surface area contributed by atoms with E-state index in [1.165, 1.54) is 0 Å². The zero-order valence-corrected chi connectivity index (χ0v) is 13.2. The van der Waals surface area contributed by atoms with Crippen LogP contribution in [0.3, 0.4) is 0 Å². The molecular weight excluding hydrogens is 300 g/mol. The molecule has 2 aromatic carbocycles. The summed E-state index contributed by atoms with van der Waals surface area (Å²) in [5.74, 6) is -0.162. The average molecular weight is 316 g/mol. The molecule has 0 aliphatic rings. The van der Waals surface area contributed by atoms with Crippen LogP contribution in [0.25, 0.3) is 16.6 Å². The summed E-state index contributed by atoms with van der Waals surface area (Å²) in [6.07, 6.45) is 3.48. The summed E-state index contributed by atoms with van der Waals surface area (Å²) < 4.78 is 1.77. The average Bonchev–Trinajstić information content (AvgIpc) is 3.21. The highest BCUT2D eigenvalue weighted by Crippen LogP contribution is 2.20. The molecule has 0 saturated heterocycles. The Morgan fingerprint density at radius 1 is 1.12 bits per heavy atom. The molecule has 2 aromatic heterocycles. The van der Waals surface area contributed by atoms with E-state index in [1.807, 2.05) is 67.7 Å². The predicted octanol–water partition coefficient (Wildman–Crippen LogP) is 3.91. The summed E-state index contributed by atoms with van der Waals surface area (Å²) in [6.45, 7) is 1.89. The van der Waals surface area contributed by atoms with E-state index < -0.39 is 0 Å². The number of para-hydroxylation sites is 1. The van der Waals surface area contributed by atoms with E-state index in [9.17, 15) is 4.79 Å². The number of carbonyl (C=O) groups is 1. The van der Waals surface area contributed by atoms with Crippen molar-refractivity contribution in [3.8, 4) is 5.69 Å². The van der Waals surface area contributed by atoms with Crippen LogP contribution in [-0.2, 0) is 0 Å². The van der Waals surface area contributed by atoms with Crippen molar-refractivity contribution in [3.63, 3.8) is 0 Å². The van der Waals surface area contributed by atoms with Crippen LogP contribution in [0.15, 0.2) is 67.0 Å². The molecule has 0 radical (unpaired) electrons. The van der Waals surface area contributed by atoms with Crippen LogP contribution in [0, 0.1) is 6.92 Å². The zero-order chi connectivity index (χ0) is 16.5. The first-order valence-electron chi connectivity index (χ1n) is 7.71. The van der Waals surface area contributed by atoms with Crippen LogP contribution in [0.2, 0.25) is 0 Å². The van der Waals surface area contributed by atoms with Gasteiger partial charge in [0.25, 0.3) is 5.91 Å². The fourth-order valence-electron chi connectivity index (χ4n) is 2.79. The minimum absolute atomic E-state index is 0.162. The maximum atomic E-state index is 12.6. The Balaban J connectivity index is 1.61. The molecule has 1 amide bonds. The number of rotatable bonds is 3. The minimum atomic E-state index is -0.162. The Hall–Kier alpha value is -3.34. The Kier molecular flexibility index (Phi) is 3.39. The van der Waals surface area contributed by atoms with Crippen molar-refractivity contribution in [2.45, 2.75) is 6.92 Å². The highest BCUT2D eigenvalue weighted by atomic mass is 16.1. The molecule has 0 unspecified atom stereocenters. The van der Waals surface area contributed by atoms with E-state index >= 15 is 0 Å². The van der Waals surface area contributed by atoms with E-state index in [2.05, 4.69) is 15.4 Å². The van der Waals surface area contributed by atoms with Gasteiger partial charge in [-0.2, -0.15) is 5.10 Å². The lowest BCUT2D eigenvalue weighted by atomic mass is 10.2. The van der Waals surface area contributed by atoms with Crippen molar-refractivity contribution in [1.82, 2.24) is 14.8 Å². The third kappa shape index (κ3) is 2.46. The van der Waals surface area contributed by atoms with Crippen LogP contribution >= 0.6 is 0 Å². The number of nitrogens with zero attached hydrogens (tertiary/aromatic N) is 2. The Morgan fingerprint density at radius 2 is 1.96 bits per heavy atom. The van der Waals surface area contributed by atoms with Gasteiger partial charge in [-0.1, -0.05) is 18.2 Å². The smallest absolute Gasteiger partial charge is 0.259 e. The fraction of sp³-hybridized carbons (Fsp3) is 0.0526. The summed E-state index contributed by atoms with van der Waals surface area (Å²) in [4.78, 5) is 15.7. The van der Waals surface area contributed by atoms with E-state index in [-0.39, 0.29) is 5.91 Å². The van der Waals surface area contributed by atoms with E-state index in [1.54, 1.807) is 10.9 Å². The van der Waals surface area contributed by atoms with Crippen molar-refractivity contribution < 1.29 is 4.79 Å². The number of anilines is 1. The first-order valence-corrected chi connectivity index (χ1v) is 7.71. The molecule has 0 atom stereocenters. The molecule has 0 fully saturated rings. The summed E-state index contributed by atoms with van der Waals surface area (Å²) in [7, 11) is 0. The van der Waals surface area contributed by atoms with Crippen molar-refractivity contribution >= 4 is 22.5 Å². The van der Waals surface area contributed by atoms with Gasteiger partial charge < -0.3 is 10.3 Å². The van der Waals surface area contributed by atoms with Gasteiger partial charge in [-0.3, -0.25) is 4.79 Å². The molecule has 5 nitrogen and oxygen atoms in total. The first-order chi connectivity index (χ1) is 11.7. The standard InChI is InChI=1S/C19H16N4O/c1-13-17(12-21-23(13)16-5-3-2-4-6-16)19(24)22-15-7-8-18-14(11-15)9-10-20-18/h2-12,20H,1H3,(H,22,24). The molecule has 2 N–H and O–H groups in total. The zero-order valence-electron chi connectivity index (χ0n) is 13.2. The van der Waals surface area contributed by atoms with Gasteiger partial charge in [0, 0.05) is 22.8 Å². The number of fused-ring (bicyclic) bond motifs is 1. The Labute approximate surface area is 138 Å². The van der Waals surface area contributed by atoms with Gasteiger partial charge in [0.15, 0.2) is 0 Å². The summed E-state index contributed by atoms with van der Waals surface area (Å²) in [6, 6.07) is 17.5. The molecule has 24 heavy (non-hydrogen) atoms. The second-order valence-electron chi connectivity index (χ2n) is 5.62. The van der Waals surface area contributed by atoms with Crippen molar-refractivity contribution in [2.24, 2.45) is 0 Å². The maximum absolute atomic E-state index is 12.6. The van der Waals surface area contributed by atoms with E-state index in [0.29, 0.717) is 5.56 Å². The largest absolute Gasteiger partial charge is 0.361 e. The number of amides is 1. The van der Waals surface area contributed by atoms with Gasteiger partial charge in [-0.15, -0.1) is 0 Å². The Bertz CT molecular complexity index is 1010. The highest BCUT2D eigenvalue weighted by molar-refractivity contribution is 6.05. The lowest BCUT2D eigenvalue weighted by Gasteiger charge is -2.07. The van der Waals surface area contributed by atoms with Crippen LogP contribution in [0.5, 0.6) is 0 Å². The molecule has 0 spiro atoms. The van der Waals surface area contributed by atoms with Crippen LogP contribution in [-0.4, -0.2) is 20.7 Å². The molecule has 0 bridgehead atoms. The first kappa shape index (κ1) is 14.3. The normalized spacial score (nSPS) is 10.9. The summed E-state index contributed by atoms with van der Waals surface area (Å²) in [5.41, 5.74) is 4.11. The second-order valence-corrected chi connectivity index (χ2v) is 5.62. The number of carbonyl (C=O) groups excluding carboxylic acids is 1. The monoisotopic (exact) mass is 316 g/mol. The third-order valence-electron chi connectivity index (χ3n) is 4.07. The minimum Gasteiger partial charge on any atom is -0.361 e. The number of hydrogen-bond acceptors (Lipinski definition) is 2. The van der Waals surface area contributed by atoms with Gasteiger partial charge in [-0.25, -0.2) is 4.68 Å². The maximum Gasteiger partial charge on any atom is 0.259 e. The van der Waals surface area contributed by atoms with Crippen LogP contribution in [0.4, 0.5) is 5.69 Å². The highest BCUT2D eigenvalue weighted by Gasteiger charge is 2.15. The van der Waals surface area contributed by atoms with Gasteiger partial charge >= 0.3 is 0 Å². The molecule has 2 heterocycles. The van der Waals surface area contributed by atoms with Gasteiger partial charge in [0.1, 0.15) is 0 Å². The third-order valence-corrected chi connectivity index (χ3v) is 4.07. The van der Waals surface area contributed by atoms with E-state index in [0.717, 1.165) is 28.0 Å². The lowest BCUT2D eigenvalue weighted by Crippen LogP contribution is -2.13. The predicted molar refractivity (Wildman–Crippen MR) is 94.6 cm³/mol. The van der Waals surface area contributed by atoms with Crippen molar-refractivity contribution in [3.05, 3.63) is 78.2 Å². The topological polar surface area (TPSA) is 62.7 Å². The number of H-pyrrole nitrogens is 1. The molecule has 118 valence electrons. The molecule has 0 saturated carbocycles. The molecule has 0 aliphatic carbocycles. The van der Waals surface area contributed by atoms with E-state index in [4.69, 9.17) is 0 Å². The molecule has 4 rings (SSSR count). The SMILES string of the molecule is Cc1c(C(=O)Nc2ccc3[nH]ccc3c2)cnn1-c1ccccc1. The molecule has 0 aliphatic heterocycles. The number of benzene rings is 2. The van der Waals surface area contributed by atoms with Crippen molar-refractivity contribution in [2.75, 3.05) is 5.32 Å². The van der Waals surface area contributed by atoms with Crippen molar-refractivity contribution in [1.29, 1.82) is 0 Å². The summed E-state index contributed by atoms with van der Waals surface area (Å²) in [5, 5.41) is 8.34. The number of aromatic nitrogens is 3. The number of hydrogen-bond donors (Lipinski definition) is 2.